The highest BCUT2D eigenvalue weighted by molar-refractivity contribution is 5.55. The lowest BCUT2D eigenvalue weighted by Crippen LogP contribution is -2.20. The van der Waals surface area contributed by atoms with Gasteiger partial charge in [0.15, 0.2) is 11.5 Å². The molecule has 0 aliphatic carbocycles. The second-order valence-corrected chi connectivity index (χ2v) is 4.69. The number of rotatable bonds is 11. The van der Waals surface area contributed by atoms with Gasteiger partial charge in [0, 0.05) is 13.7 Å². The molecule has 0 saturated carbocycles. The SMILES string of the molecule is COCCNCCCCc1ccc(OC)c(OC)c1OC. The maximum absolute atomic E-state index is 5.48. The summed E-state index contributed by atoms with van der Waals surface area (Å²) in [4.78, 5) is 0. The molecule has 0 aromatic heterocycles. The van der Waals surface area contributed by atoms with Crippen LogP contribution in [0.4, 0.5) is 0 Å². The summed E-state index contributed by atoms with van der Waals surface area (Å²) >= 11 is 0. The Morgan fingerprint density at radius 1 is 0.857 bits per heavy atom. The van der Waals surface area contributed by atoms with E-state index in [1.54, 1.807) is 28.4 Å². The number of hydrogen-bond donors (Lipinski definition) is 1. The number of nitrogens with one attached hydrogen (secondary N) is 1. The van der Waals surface area contributed by atoms with E-state index in [9.17, 15) is 0 Å². The Labute approximate surface area is 127 Å². The molecular weight excluding hydrogens is 270 g/mol. The monoisotopic (exact) mass is 297 g/mol. The standard InChI is InChI=1S/C16H27NO4/c1-18-12-11-17-10-6-5-7-13-8-9-14(19-2)16(21-4)15(13)20-3/h8-9,17H,5-7,10-12H2,1-4H3. The molecule has 0 fully saturated rings. The van der Waals surface area contributed by atoms with Crippen molar-refractivity contribution in [2.75, 3.05) is 48.1 Å². The predicted octanol–water partition coefficient (Wildman–Crippen LogP) is 2.27. The van der Waals surface area contributed by atoms with Gasteiger partial charge in [0.2, 0.25) is 5.75 Å². The van der Waals surface area contributed by atoms with Gasteiger partial charge in [-0.15, -0.1) is 0 Å². The van der Waals surface area contributed by atoms with Gasteiger partial charge in [0.05, 0.1) is 27.9 Å². The van der Waals surface area contributed by atoms with Crippen molar-refractivity contribution in [3.05, 3.63) is 17.7 Å². The van der Waals surface area contributed by atoms with Crippen LogP contribution in [0.1, 0.15) is 18.4 Å². The van der Waals surface area contributed by atoms with Crippen LogP contribution >= 0.6 is 0 Å². The van der Waals surface area contributed by atoms with Gasteiger partial charge in [0.25, 0.3) is 0 Å². The summed E-state index contributed by atoms with van der Waals surface area (Å²) in [6.45, 7) is 2.65. The quantitative estimate of drug-likeness (QED) is 0.635. The van der Waals surface area contributed by atoms with Crippen LogP contribution in [-0.2, 0) is 11.2 Å². The number of methoxy groups -OCH3 is 4. The van der Waals surface area contributed by atoms with Crippen molar-refractivity contribution in [1.29, 1.82) is 0 Å². The maximum atomic E-state index is 5.48. The third-order valence-electron chi connectivity index (χ3n) is 3.32. The van der Waals surface area contributed by atoms with Crippen LogP contribution in [0.25, 0.3) is 0 Å². The molecule has 0 saturated heterocycles. The minimum Gasteiger partial charge on any atom is -0.493 e. The Balaban J connectivity index is 2.51. The molecule has 0 atom stereocenters. The Morgan fingerprint density at radius 3 is 2.24 bits per heavy atom. The van der Waals surface area contributed by atoms with E-state index in [4.69, 9.17) is 18.9 Å². The predicted molar refractivity (Wildman–Crippen MR) is 83.8 cm³/mol. The molecule has 0 spiro atoms. The maximum Gasteiger partial charge on any atom is 0.203 e. The fraction of sp³-hybridized carbons (Fsp3) is 0.625. The van der Waals surface area contributed by atoms with Gasteiger partial charge >= 0.3 is 0 Å². The largest absolute Gasteiger partial charge is 0.493 e. The van der Waals surface area contributed by atoms with E-state index >= 15 is 0 Å². The summed E-state index contributed by atoms with van der Waals surface area (Å²) in [5.41, 5.74) is 1.15. The lowest BCUT2D eigenvalue weighted by molar-refractivity contribution is 0.199. The fourth-order valence-electron chi connectivity index (χ4n) is 2.22. The van der Waals surface area contributed by atoms with Crippen molar-refractivity contribution in [3.8, 4) is 17.2 Å². The summed E-state index contributed by atoms with van der Waals surface area (Å²) < 4.78 is 21.2. The Bertz CT molecular complexity index is 410. The molecule has 1 aromatic carbocycles. The Hall–Kier alpha value is -1.46. The first kappa shape index (κ1) is 17.6. The smallest absolute Gasteiger partial charge is 0.203 e. The van der Waals surface area contributed by atoms with E-state index in [-0.39, 0.29) is 0 Å². The van der Waals surface area contributed by atoms with Crippen LogP contribution in [-0.4, -0.2) is 48.1 Å². The van der Waals surface area contributed by atoms with Crippen molar-refractivity contribution in [2.24, 2.45) is 0 Å². The van der Waals surface area contributed by atoms with Crippen molar-refractivity contribution < 1.29 is 18.9 Å². The zero-order valence-electron chi connectivity index (χ0n) is 13.5. The van der Waals surface area contributed by atoms with Crippen LogP contribution in [0.2, 0.25) is 0 Å². The number of ether oxygens (including phenoxy) is 4. The van der Waals surface area contributed by atoms with Gasteiger partial charge in [-0.3, -0.25) is 0 Å². The first-order valence-corrected chi connectivity index (χ1v) is 7.26. The second-order valence-electron chi connectivity index (χ2n) is 4.69. The Morgan fingerprint density at radius 2 is 1.62 bits per heavy atom. The summed E-state index contributed by atoms with van der Waals surface area (Å²) in [5.74, 6) is 2.12. The number of hydrogen-bond acceptors (Lipinski definition) is 5. The molecule has 0 unspecified atom stereocenters. The molecule has 21 heavy (non-hydrogen) atoms. The zero-order chi connectivity index (χ0) is 15.5. The molecule has 5 heteroatoms. The topological polar surface area (TPSA) is 49.0 Å². The van der Waals surface area contributed by atoms with Crippen molar-refractivity contribution in [1.82, 2.24) is 5.32 Å². The van der Waals surface area contributed by atoms with E-state index in [1.165, 1.54) is 0 Å². The minimum atomic E-state index is 0.663. The van der Waals surface area contributed by atoms with Gasteiger partial charge in [-0.05, 0) is 37.4 Å². The average Bonchev–Trinajstić information content (AvgIpc) is 2.52. The molecule has 0 heterocycles. The van der Waals surface area contributed by atoms with Crippen LogP contribution in [0, 0.1) is 0 Å². The Kier molecular flexibility index (Phi) is 8.62. The molecule has 0 bridgehead atoms. The van der Waals surface area contributed by atoms with Gasteiger partial charge < -0.3 is 24.3 Å². The molecule has 0 amide bonds. The molecular formula is C16H27NO4. The van der Waals surface area contributed by atoms with Gasteiger partial charge in [0.1, 0.15) is 0 Å². The minimum absolute atomic E-state index is 0.663. The highest BCUT2D eigenvalue weighted by Crippen LogP contribution is 2.40. The first-order chi connectivity index (χ1) is 10.3. The molecule has 0 aliphatic rings. The highest BCUT2D eigenvalue weighted by atomic mass is 16.5. The van der Waals surface area contributed by atoms with E-state index in [0.717, 1.165) is 50.3 Å². The number of unbranched alkanes of at least 4 members (excludes halogenated alkanes) is 1. The molecule has 1 N–H and O–H groups in total. The van der Waals surface area contributed by atoms with Crippen molar-refractivity contribution in [3.63, 3.8) is 0 Å². The summed E-state index contributed by atoms with van der Waals surface area (Å²) in [6, 6.07) is 3.96. The molecule has 0 aliphatic heterocycles. The third-order valence-corrected chi connectivity index (χ3v) is 3.32. The van der Waals surface area contributed by atoms with Crippen LogP contribution in [0.15, 0.2) is 12.1 Å². The average molecular weight is 297 g/mol. The number of benzene rings is 1. The van der Waals surface area contributed by atoms with Gasteiger partial charge in [-0.1, -0.05) is 6.07 Å². The third kappa shape index (κ3) is 5.44. The van der Waals surface area contributed by atoms with E-state index in [0.29, 0.717) is 11.5 Å². The van der Waals surface area contributed by atoms with E-state index in [2.05, 4.69) is 5.32 Å². The fourth-order valence-corrected chi connectivity index (χ4v) is 2.22. The van der Waals surface area contributed by atoms with Crippen molar-refractivity contribution >= 4 is 0 Å². The van der Waals surface area contributed by atoms with Crippen LogP contribution in [0.5, 0.6) is 17.2 Å². The van der Waals surface area contributed by atoms with Crippen LogP contribution in [0.3, 0.4) is 0 Å². The van der Waals surface area contributed by atoms with E-state index in [1.807, 2.05) is 12.1 Å². The van der Waals surface area contributed by atoms with Gasteiger partial charge in [-0.25, -0.2) is 0 Å². The first-order valence-electron chi connectivity index (χ1n) is 7.26. The normalized spacial score (nSPS) is 10.5. The summed E-state index contributed by atoms with van der Waals surface area (Å²) in [7, 11) is 6.63. The van der Waals surface area contributed by atoms with Crippen molar-refractivity contribution in [2.45, 2.75) is 19.3 Å². The number of aryl methyl sites for hydroxylation is 1. The highest BCUT2D eigenvalue weighted by Gasteiger charge is 2.15. The lowest BCUT2D eigenvalue weighted by Gasteiger charge is -2.15. The molecule has 5 nitrogen and oxygen atoms in total. The lowest BCUT2D eigenvalue weighted by atomic mass is 10.1. The molecule has 1 aromatic rings. The molecule has 1 rings (SSSR count). The molecule has 120 valence electrons. The zero-order valence-corrected chi connectivity index (χ0v) is 13.5. The van der Waals surface area contributed by atoms with Gasteiger partial charge in [-0.2, -0.15) is 0 Å². The van der Waals surface area contributed by atoms with Crippen LogP contribution < -0.4 is 19.5 Å². The second kappa shape index (κ2) is 10.3. The summed E-state index contributed by atoms with van der Waals surface area (Å²) in [6.07, 6.45) is 3.16. The molecule has 0 radical (unpaired) electrons. The van der Waals surface area contributed by atoms with E-state index < -0.39 is 0 Å². The summed E-state index contributed by atoms with van der Waals surface area (Å²) in [5, 5.41) is 3.34.